The van der Waals surface area contributed by atoms with E-state index in [0.717, 1.165) is 29.5 Å². The molecule has 130 valence electrons. The summed E-state index contributed by atoms with van der Waals surface area (Å²) in [5.41, 5.74) is 4.07. The van der Waals surface area contributed by atoms with Crippen molar-refractivity contribution in [1.29, 1.82) is 5.26 Å². The molecule has 25 heavy (non-hydrogen) atoms. The van der Waals surface area contributed by atoms with Gasteiger partial charge in [0.2, 0.25) is 0 Å². The van der Waals surface area contributed by atoms with Crippen LogP contribution in [0.1, 0.15) is 50.7 Å². The molecular weight excluding hydrogens is 309 g/mol. The summed E-state index contributed by atoms with van der Waals surface area (Å²) in [6, 6.07) is 14.4. The standard InChI is InChI=1S/C20H20FN.C3H6/c1-4-16(10-14(2)3)17-8-9-20(21)19(12-17)18-7-5-6-15(11-18)13-22;1-3-2/h5-9,11-12,16H,2,4,10H2,1,3H3;3H,1H2,2H3. The summed E-state index contributed by atoms with van der Waals surface area (Å²) < 4.78 is 14.2. The molecule has 1 atom stereocenters. The maximum atomic E-state index is 14.2. The zero-order valence-electron chi connectivity index (χ0n) is 15.3. The number of rotatable bonds is 5. The van der Waals surface area contributed by atoms with Gasteiger partial charge in [0.25, 0.3) is 0 Å². The van der Waals surface area contributed by atoms with Gasteiger partial charge in [0.15, 0.2) is 0 Å². The molecule has 0 fully saturated rings. The summed E-state index contributed by atoms with van der Waals surface area (Å²) in [6.07, 6.45) is 3.63. The Balaban J connectivity index is 0.000000970. The van der Waals surface area contributed by atoms with Gasteiger partial charge in [0, 0.05) is 5.56 Å². The molecule has 1 unspecified atom stereocenters. The highest BCUT2D eigenvalue weighted by molar-refractivity contribution is 5.66. The second kappa shape index (κ2) is 10.3. The highest BCUT2D eigenvalue weighted by Crippen LogP contribution is 2.31. The van der Waals surface area contributed by atoms with Gasteiger partial charge in [-0.25, -0.2) is 4.39 Å². The summed E-state index contributed by atoms with van der Waals surface area (Å²) in [4.78, 5) is 0. The van der Waals surface area contributed by atoms with E-state index in [1.54, 1.807) is 24.3 Å². The quantitative estimate of drug-likeness (QED) is 0.539. The lowest BCUT2D eigenvalue weighted by Crippen LogP contribution is -1.99. The van der Waals surface area contributed by atoms with Crippen molar-refractivity contribution in [2.75, 3.05) is 0 Å². The molecule has 2 heteroatoms. The van der Waals surface area contributed by atoms with Crippen molar-refractivity contribution in [3.05, 3.63) is 84.2 Å². The van der Waals surface area contributed by atoms with Crippen molar-refractivity contribution in [2.24, 2.45) is 0 Å². The zero-order chi connectivity index (χ0) is 18.8. The van der Waals surface area contributed by atoms with Crippen LogP contribution in [0.15, 0.2) is 67.3 Å². The fraction of sp³-hybridized carbons (Fsp3) is 0.261. The fourth-order valence-corrected chi connectivity index (χ4v) is 2.69. The van der Waals surface area contributed by atoms with Crippen molar-refractivity contribution >= 4 is 0 Å². The van der Waals surface area contributed by atoms with Crippen LogP contribution in [0.5, 0.6) is 0 Å². The van der Waals surface area contributed by atoms with Gasteiger partial charge in [-0.05, 0) is 68.0 Å². The number of allylic oxidation sites excluding steroid dienone is 2. The fourth-order valence-electron chi connectivity index (χ4n) is 2.69. The minimum atomic E-state index is -0.260. The first kappa shape index (κ1) is 20.4. The lowest BCUT2D eigenvalue weighted by Gasteiger charge is -2.17. The van der Waals surface area contributed by atoms with Gasteiger partial charge in [0.1, 0.15) is 5.82 Å². The predicted molar refractivity (Wildman–Crippen MR) is 105 cm³/mol. The molecule has 0 bridgehead atoms. The first-order chi connectivity index (χ1) is 12.0. The molecule has 0 saturated heterocycles. The van der Waals surface area contributed by atoms with E-state index in [-0.39, 0.29) is 5.82 Å². The third kappa shape index (κ3) is 6.04. The number of nitriles is 1. The number of hydrogen-bond acceptors (Lipinski definition) is 1. The lowest BCUT2D eigenvalue weighted by molar-refractivity contribution is 0.623. The number of benzene rings is 2. The Morgan fingerprint density at radius 2 is 1.96 bits per heavy atom. The van der Waals surface area contributed by atoms with Crippen molar-refractivity contribution < 1.29 is 4.39 Å². The van der Waals surface area contributed by atoms with Crippen LogP contribution < -0.4 is 0 Å². The SMILES string of the molecule is C=C(C)CC(CC)c1ccc(F)c(-c2cccc(C#N)c2)c1.C=CC. The van der Waals surface area contributed by atoms with Gasteiger partial charge < -0.3 is 0 Å². The second-order valence-corrected chi connectivity index (χ2v) is 6.11. The molecule has 0 N–H and O–H groups in total. The molecule has 0 aliphatic rings. The second-order valence-electron chi connectivity index (χ2n) is 6.11. The van der Waals surface area contributed by atoms with Crippen LogP contribution in [0.25, 0.3) is 11.1 Å². The van der Waals surface area contributed by atoms with Crippen molar-refractivity contribution in [2.45, 2.75) is 39.5 Å². The number of halogens is 1. The highest BCUT2D eigenvalue weighted by atomic mass is 19.1. The first-order valence-corrected chi connectivity index (χ1v) is 8.48. The molecular formula is C23H26FN. The van der Waals surface area contributed by atoms with E-state index in [9.17, 15) is 4.39 Å². The summed E-state index contributed by atoms with van der Waals surface area (Å²) in [6.45, 7) is 13.4. The Hall–Kier alpha value is -2.66. The highest BCUT2D eigenvalue weighted by Gasteiger charge is 2.13. The van der Waals surface area contributed by atoms with Crippen molar-refractivity contribution in [3.8, 4) is 17.2 Å². The van der Waals surface area contributed by atoms with E-state index in [4.69, 9.17) is 5.26 Å². The smallest absolute Gasteiger partial charge is 0.131 e. The molecule has 0 amide bonds. The Kier molecular flexibility index (Phi) is 8.36. The average Bonchev–Trinajstić information content (AvgIpc) is 2.61. The molecule has 0 radical (unpaired) electrons. The van der Waals surface area contributed by atoms with Gasteiger partial charge in [-0.15, -0.1) is 13.2 Å². The molecule has 0 aliphatic carbocycles. The Bertz CT molecular complexity index is 768. The van der Waals surface area contributed by atoms with Crippen LogP contribution in [0.2, 0.25) is 0 Å². The number of nitrogens with zero attached hydrogens (tertiary/aromatic N) is 1. The molecule has 0 aliphatic heterocycles. The van der Waals surface area contributed by atoms with E-state index in [1.165, 1.54) is 6.07 Å². The molecule has 1 nitrogen and oxygen atoms in total. The Labute approximate surface area is 151 Å². The normalized spacial score (nSPS) is 10.8. The van der Waals surface area contributed by atoms with Crippen LogP contribution in [-0.2, 0) is 0 Å². The molecule has 0 spiro atoms. The van der Waals surface area contributed by atoms with E-state index >= 15 is 0 Å². The van der Waals surface area contributed by atoms with Gasteiger partial charge in [-0.1, -0.05) is 36.8 Å². The minimum absolute atomic E-state index is 0.260. The molecule has 2 rings (SSSR count). The van der Waals surface area contributed by atoms with Crippen LogP contribution in [0, 0.1) is 17.1 Å². The van der Waals surface area contributed by atoms with E-state index in [2.05, 4.69) is 26.2 Å². The Morgan fingerprint density at radius 3 is 2.52 bits per heavy atom. The van der Waals surface area contributed by atoms with Gasteiger partial charge in [0.05, 0.1) is 11.6 Å². The van der Waals surface area contributed by atoms with Crippen LogP contribution in [-0.4, -0.2) is 0 Å². The van der Waals surface area contributed by atoms with Crippen LogP contribution in [0.3, 0.4) is 0 Å². The first-order valence-electron chi connectivity index (χ1n) is 8.48. The third-order valence-electron chi connectivity index (χ3n) is 3.85. The summed E-state index contributed by atoms with van der Waals surface area (Å²) in [7, 11) is 0. The van der Waals surface area contributed by atoms with E-state index < -0.39 is 0 Å². The van der Waals surface area contributed by atoms with Gasteiger partial charge in [-0.3, -0.25) is 0 Å². The molecule has 0 aromatic heterocycles. The lowest BCUT2D eigenvalue weighted by atomic mass is 9.88. The molecule has 0 saturated carbocycles. The summed E-state index contributed by atoms with van der Waals surface area (Å²) in [5.74, 6) is 0.0833. The van der Waals surface area contributed by atoms with Gasteiger partial charge in [-0.2, -0.15) is 5.26 Å². The maximum absolute atomic E-state index is 14.2. The van der Waals surface area contributed by atoms with E-state index in [1.807, 2.05) is 32.0 Å². The topological polar surface area (TPSA) is 23.8 Å². The molecule has 0 heterocycles. The maximum Gasteiger partial charge on any atom is 0.131 e. The summed E-state index contributed by atoms with van der Waals surface area (Å²) >= 11 is 0. The zero-order valence-corrected chi connectivity index (χ0v) is 15.3. The Morgan fingerprint density at radius 1 is 1.28 bits per heavy atom. The largest absolute Gasteiger partial charge is 0.206 e. The van der Waals surface area contributed by atoms with E-state index in [0.29, 0.717) is 17.0 Å². The van der Waals surface area contributed by atoms with Gasteiger partial charge >= 0.3 is 0 Å². The van der Waals surface area contributed by atoms with Crippen molar-refractivity contribution in [3.63, 3.8) is 0 Å². The predicted octanol–water partition coefficient (Wildman–Crippen LogP) is 7.02. The molecule has 2 aromatic rings. The molecule has 2 aromatic carbocycles. The average molecular weight is 335 g/mol. The van der Waals surface area contributed by atoms with Crippen LogP contribution >= 0.6 is 0 Å². The van der Waals surface area contributed by atoms with Crippen LogP contribution in [0.4, 0.5) is 4.39 Å². The van der Waals surface area contributed by atoms with Crippen molar-refractivity contribution in [1.82, 2.24) is 0 Å². The number of hydrogen-bond donors (Lipinski definition) is 0. The minimum Gasteiger partial charge on any atom is -0.206 e. The summed E-state index contributed by atoms with van der Waals surface area (Å²) in [5, 5.41) is 9.00. The monoisotopic (exact) mass is 335 g/mol. The third-order valence-corrected chi connectivity index (χ3v) is 3.85.